The lowest BCUT2D eigenvalue weighted by molar-refractivity contribution is 0.459. The van der Waals surface area contributed by atoms with Crippen molar-refractivity contribution < 1.29 is 5.11 Å². The Morgan fingerprint density at radius 3 is 2.37 bits per heavy atom. The molecule has 0 amide bonds. The fraction of sp³-hybridized carbons (Fsp3) is 0.267. The first-order valence-electron chi connectivity index (χ1n) is 6.34. The predicted molar refractivity (Wildman–Crippen MR) is 76.7 cm³/mol. The molecule has 1 heterocycles. The molecule has 0 saturated heterocycles. The topological polar surface area (TPSA) is 47.2 Å². The monoisotopic (exact) mass is 256 g/mol. The number of benzene rings is 2. The van der Waals surface area contributed by atoms with Crippen LogP contribution in [0.4, 0.5) is 0 Å². The Morgan fingerprint density at radius 2 is 1.74 bits per heavy atom. The minimum atomic E-state index is -0.0789. The summed E-state index contributed by atoms with van der Waals surface area (Å²) in [5.74, 6) is 0.154. The number of phenols is 1. The third-order valence-electron chi connectivity index (χ3n) is 3.56. The third-order valence-corrected chi connectivity index (χ3v) is 3.56. The van der Waals surface area contributed by atoms with E-state index in [-0.39, 0.29) is 17.4 Å². The summed E-state index contributed by atoms with van der Waals surface area (Å²) in [6.45, 7) is 4.08. The van der Waals surface area contributed by atoms with Gasteiger partial charge in [-0.25, -0.2) is 0 Å². The molecule has 0 fully saturated rings. The van der Waals surface area contributed by atoms with Crippen LogP contribution < -0.4 is 5.56 Å². The van der Waals surface area contributed by atoms with Gasteiger partial charge < -0.3 is 5.11 Å². The maximum absolute atomic E-state index is 12.3. The van der Waals surface area contributed by atoms with Gasteiger partial charge in [0.1, 0.15) is 5.75 Å². The van der Waals surface area contributed by atoms with Crippen LogP contribution in [0, 0.1) is 0 Å². The summed E-state index contributed by atoms with van der Waals surface area (Å²) in [5, 5.41) is 12.3. The molecule has 2 aromatic carbocycles. The minimum Gasteiger partial charge on any atom is -0.507 e. The Hall–Kier alpha value is -2.23. The number of nitrogens with zero attached hydrogens (tertiary/aromatic N) is 2. The van der Waals surface area contributed by atoms with Gasteiger partial charge in [-0.3, -0.25) is 14.2 Å². The Balaban J connectivity index is 2.68. The molecule has 4 heteroatoms. The summed E-state index contributed by atoms with van der Waals surface area (Å²) in [7, 11) is 1.76. The lowest BCUT2D eigenvalue weighted by Gasteiger charge is -2.14. The second-order valence-electron chi connectivity index (χ2n) is 5.10. The molecule has 3 rings (SSSR count). The van der Waals surface area contributed by atoms with Crippen molar-refractivity contribution in [2.75, 3.05) is 0 Å². The van der Waals surface area contributed by atoms with E-state index in [1.165, 1.54) is 0 Å². The molecule has 0 unspecified atom stereocenters. The molecule has 3 aromatic rings. The Kier molecular flexibility index (Phi) is 2.42. The van der Waals surface area contributed by atoms with Gasteiger partial charge in [-0.05, 0) is 19.9 Å². The average molecular weight is 256 g/mol. The highest BCUT2D eigenvalue weighted by Crippen LogP contribution is 2.32. The molecule has 0 aliphatic carbocycles. The van der Waals surface area contributed by atoms with E-state index in [9.17, 15) is 9.90 Å². The van der Waals surface area contributed by atoms with E-state index in [2.05, 4.69) is 0 Å². The van der Waals surface area contributed by atoms with E-state index in [4.69, 9.17) is 0 Å². The highest BCUT2D eigenvalue weighted by atomic mass is 16.3. The molecular weight excluding hydrogens is 240 g/mol. The molecule has 98 valence electrons. The first-order chi connectivity index (χ1) is 9.02. The van der Waals surface area contributed by atoms with Gasteiger partial charge in [-0.15, -0.1) is 0 Å². The van der Waals surface area contributed by atoms with Crippen LogP contribution in [0.3, 0.4) is 0 Å². The molecule has 1 N–H and O–H groups in total. The van der Waals surface area contributed by atoms with Gasteiger partial charge in [0.15, 0.2) is 0 Å². The van der Waals surface area contributed by atoms with Crippen molar-refractivity contribution in [2.45, 2.75) is 19.9 Å². The summed E-state index contributed by atoms with van der Waals surface area (Å²) in [4.78, 5) is 12.3. The van der Waals surface area contributed by atoms with Crippen LogP contribution >= 0.6 is 0 Å². The largest absolute Gasteiger partial charge is 0.507 e. The molecule has 19 heavy (non-hydrogen) atoms. The average Bonchev–Trinajstić information content (AvgIpc) is 2.64. The van der Waals surface area contributed by atoms with Crippen molar-refractivity contribution in [3.8, 4) is 5.75 Å². The summed E-state index contributed by atoms with van der Waals surface area (Å²) in [6, 6.07) is 9.35. The number of hydrogen-bond donors (Lipinski definition) is 1. The number of aromatic hydroxyl groups is 1. The van der Waals surface area contributed by atoms with Gasteiger partial charge in [-0.1, -0.05) is 24.3 Å². The highest BCUT2D eigenvalue weighted by molar-refractivity contribution is 6.08. The number of phenolic OH excluding ortho intramolecular Hbond substituents is 1. The van der Waals surface area contributed by atoms with Gasteiger partial charge in [0.2, 0.25) is 0 Å². The molecule has 0 atom stereocenters. The van der Waals surface area contributed by atoms with Gasteiger partial charge in [0.25, 0.3) is 5.56 Å². The van der Waals surface area contributed by atoms with Crippen LogP contribution in [0.25, 0.3) is 21.7 Å². The number of hydrogen-bond acceptors (Lipinski definition) is 2. The Morgan fingerprint density at radius 1 is 1.11 bits per heavy atom. The zero-order valence-electron chi connectivity index (χ0n) is 11.2. The van der Waals surface area contributed by atoms with Crippen molar-refractivity contribution in [3.63, 3.8) is 0 Å². The SMILES string of the molecule is CC(C)n1c2c(cc(O)c3ccccc32)c(=O)n1C. The van der Waals surface area contributed by atoms with E-state index in [1.807, 2.05) is 42.8 Å². The van der Waals surface area contributed by atoms with E-state index in [0.717, 1.165) is 16.3 Å². The molecule has 0 spiro atoms. The fourth-order valence-corrected chi connectivity index (χ4v) is 2.78. The van der Waals surface area contributed by atoms with E-state index in [1.54, 1.807) is 17.8 Å². The van der Waals surface area contributed by atoms with Crippen LogP contribution in [0.2, 0.25) is 0 Å². The zero-order chi connectivity index (χ0) is 13.7. The molecular formula is C15H16N2O2. The first-order valence-corrected chi connectivity index (χ1v) is 6.34. The maximum Gasteiger partial charge on any atom is 0.274 e. The second kappa shape index (κ2) is 3.88. The lowest BCUT2D eigenvalue weighted by atomic mass is 10.1. The Labute approximate surface area is 110 Å². The summed E-state index contributed by atoms with van der Waals surface area (Å²) >= 11 is 0. The molecule has 1 aromatic heterocycles. The molecule has 0 aliphatic rings. The first kappa shape index (κ1) is 11.8. The van der Waals surface area contributed by atoms with Crippen LogP contribution in [0.5, 0.6) is 5.75 Å². The lowest BCUT2D eigenvalue weighted by Crippen LogP contribution is -2.20. The quantitative estimate of drug-likeness (QED) is 0.727. The van der Waals surface area contributed by atoms with E-state index >= 15 is 0 Å². The van der Waals surface area contributed by atoms with Gasteiger partial charge in [0, 0.05) is 23.9 Å². The number of fused-ring (bicyclic) bond motifs is 3. The van der Waals surface area contributed by atoms with Crippen molar-refractivity contribution in [2.24, 2.45) is 7.05 Å². The van der Waals surface area contributed by atoms with Crippen molar-refractivity contribution in [1.82, 2.24) is 9.36 Å². The van der Waals surface area contributed by atoms with Crippen LogP contribution in [0.1, 0.15) is 19.9 Å². The third kappa shape index (κ3) is 1.49. The standard InChI is InChI=1S/C15H16N2O2/c1-9(2)17-14-11-7-5-4-6-10(11)13(18)8-12(14)15(19)16(17)3/h4-9,18H,1-3H3. The van der Waals surface area contributed by atoms with Crippen molar-refractivity contribution in [1.29, 1.82) is 0 Å². The molecule has 0 radical (unpaired) electrons. The fourth-order valence-electron chi connectivity index (χ4n) is 2.78. The second-order valence-corrected chi connectivity index (χ2v) is 5.10. The van der Waals surface area contributed by atoms with Gasteiger partial charge in [0.05, 0.1) is 10.9 Å². The van der Waals surface area contributed by atoms with Gasteiger partial charge in [-0.2, -0.15) is 0 Å². The highest BCUT2D eigenvalue weighted by Gasteiger charge is 2.17. The van der Waals surface area contributed by atoms with E-state index < -0.39 is 0 Å². The number of aromatic nitrogens is 2. The molecule has 0 aliphatic heterocycles. The van der Waals surface area contributed by atoms with Crippen LogP contribution in [-0.4, -0.2) is 14.5 Å². The van der Waals surface area contributed by atoms with E-state index in [0.29, 0.717) is 5.39 Å². The van der Waals surface area contributed by atoms with Crippen molar-refractivity contribution >= 4 is 21.7 Å². The predicted octanol–water partition coefficient (Wildman–Crippen LogP) is 2.78. The minimum absolute atomic E-state index is 0.0789. The molecule has 0 bridgehead atoms. The summed E-state index contributed by atoms with van der Waals surface area (Å²) in [5.41, 5.74) is 0.806. The Bertz CT molecular complexity index is 841. The van der Waals surface area contributed by atoms with Crippen LogP contribution in [-0.2, 0) is 7.05 Å². The molecule has 4 nitrogen and oxygen atoms in total. The van der Waals surface area contributed by atoms with Gasteiger partial charge >= 0.3 is 0 Å². The maximum atomic E-state index is 12.3. The molecule has 0 saturated carbocycles. The zero-order valence-corrected chi connectivity index (χ0v) is 11.2. The number of rotatable bonds is 1. The summed E-state index contributed by atoms with van der Waals surface area (Å²) in [6.07, 6.45) is 0. The normalized spacial score (nSPS) is 11.8. The van der Waals surface area contributed by atoms with Crippen molar-refractivity contribution in [3.05, 3.63) is 40.7 Å². The summed E-state index contributed by atoms with van der Waals surface area (Å²) < 4.78 is 3.58. The smallest absolute Gasteiger partial charge is 0.274 e. The van der Waals surface area contributed by atoms with Crippen LogP contribution in [0.15, 0.2) is 35.1 Å².